The molecule has 0 aliphatic rings. The molecule has 0 aliphatic heterocycles. The monoisotopic (exact) mass is 412 g/mol. The molecule has 0 spiro atoms. The van der Waals surface area contributed by atoms with E-state index in [1.807, 2.05) is 6.92 Å². The zero-order valence-electron chi connectivity index (χ0n) is 16.6. The van der Waals surface area contributed by atoms with Gasteiger partial charge >= 0.3 is 5.69 Å². The molecule has 11 heteroatoms. The maximum Gasteiger partial charge on any atom is 0.336 e. The lowest BCUT2D eigenvalue weighted by molar-refractivity contribution is 0.348. The van der Waals surface area contributed by atoms with Crippen molar-refractivity contribution in [3.8, 4) is 23.1 Å². The minimum Gasteiger partial charge on any atom is -0.493 e. The smallest absolute Gasteiger partial charge is 0.336 e. The molecule has 0 fully saturated rings. The summed E-state index contributed by atoms with van der Waals surface area (Å²) >= 11 is 0. The fourth-order valence-electron chi connectivity index (χ4n) is 3.16. The van der Waals surface area contributed by atoms with Gasteiger partial charge in [0.1, 0.15) is 11.5 Å². The summed E-state index contributed by atoms with van der Waals surface area (Å²) in [5.74, 6) is 1.40. The Kier molecular flexibility index (Phi) is 5.00. The number of aromatic nitrogens is 6. The van der Waals surface area contributed by atoms with Crippen LogP contribution in [0.5, 0.6) is 17.4 Å². The van der Waals surface area contributed by atoms with Crippen LogP contribution in [0.4, 0.5) is 0 Å². The van der Waals surface area contributed by atoms with Crippen molar-refractivity contribution in [3.63, 3.8) is 0 Å². The Morgan fingerprint density at radius 1 is 1.17 bits per heavy atom. The molecule has 0 saturated carbocycles. The SMILES string of the molecule is COc1ccnc(Cn2cc(O)n(-c3cnn(Cc4cnoc4C)c3)c2=O)c1OC. The molecule has 0 bridgehead atoms. The third kappa shape index (κ3) is 3.41. The number of hydrogen-bond donors (Lipinski definition) is 1. The van der Waals surface area contributed by atoms with Gasteiger partial charge in [0.05, 0.1) is 51.6 Å². The fourth-order valence-corrected chi connectivity index (χ4v) is 3.16. The number of ether oxygens (including phenoxy) is 2. The van der Waals surface area contributed by atoms with Crippen molar-refractivity contribution in [2.24, 2.45) is 0 Å². The number of methoxy groups -OCH3 is 2. The number of hydrogen-bond acceptors (Lipinski definition) is 8. The molecule has 4 heterocycles. The molecule has 4 aromatic rings. The van der Waals surface area contributed by atoms with Gasteiger partial charge in [-0.3, -0.25) is 14.2 Å². The van der Waals surface area contributed by atoms with Gasteiger partial charge in [0.2, 0.25) is 5.88 Å². The predicted molar refractivity (Wildman–Crippen MR) is 104 cm³/mol. The highest BCUT2D eigenvalue weighted by molar-refractivity contribution is 5.43. The van der Waals surface area contributed by atoms with Crippen molar-refractivity contribution >= 4 is 0 Å². The molecule has 30 heavy (non-hydrogen) atoms. The maximum absolute atomic E-state index is 12.9. The number of aryl methyl sites for hydroxylation is 1. The summed E-state index contributed by atoms with van der Waals surface area (Å²) < 4.78 is 19.8. The van der Waals surface area contributed by atoms with Crippen LogP contribution < -0.4 is 15.2 Å². The summed E-state index contributed by atoms with van der Waals surface area (Å²) in [5, 5.41) is 18.4. The van der Waals surface area contributed by atoms with E-state index >= 15 is 0 Å². The molecule has 0 amide bonds. The van der Waals surface area contributed by atoms with Gasteiger partial charge in [0.25, 0.3) is 0 Å². The molecule has 4 rings (SSSR count). The zero-order chi connectivity index (χ0) is 21.3. The van der Waals surface area contributed by atoms with Gasteiger partial charge in [-0.15, -0.1) is 0 Å². The van der Waals surface area contributed by atoms with Crippen molar-refractivity contribution in [1.29, 1.82) is 0 Å². The minimum atomic E-state index is -0.445. The summed E-state index contributed by atoms with van der Waals surface area (Å²) in [7, 11) is 3.02. The van der Waals surface area contributed by atoms with E-state index in [2.05, 4.69) is 15.2 Å². The van der Waals surface area contributed by atoms with Gasteiger partial charge in [-0.05, 0) is 6.92 Å². The Labute approximate surface area is 170 Å². The first-order valence-electron chi connectivity index (χ1n) is 9.01. The van der Waals surface area contributed by atoms with Crippen LogP contribution in [0.15, 0.2) is 46.4 Å². The van der Waals surface area contributed by atoms with Gasteiger partial charge in [-0.25, -0.2) is 9.36 Å². The summed E-state index contributed by atoms with van der Waals surface area (Å²) in [6.45, 7) is 2.33. The van der Waals surface area contributed by atoms with Crippen molar-refractivity contribution in [2.75, 3.05) is 14.2 Å². The Morgan fingerprint density at radius 3 is 2.70 bits per heavy atom. The molecule has 0 radical (unpaired) electrons. The lowest BCUT2D eigenvalue weighted by Gasteiger charge is -2.11. The lowest BCUT2D eigenvalue weighted by Crippen LogP contribution is -2.23. The van der Waals surface area contributed by atoms with Crippen LogP contribution in [0, 0.1) is 6.92 Å². The summed E-state index contributed by atoms with van der Waals surface area (Å²) in [6.07, 6.45) is 7.67. The van der Waals surface area contributed by atoms with Gasteiger partial charge in [0, 0.05) is 24.0 Å². The van der Waals surface area contributed by atoms with Crippen LogP contribution in [0.2, 0.25) is 0 Å². The number of imidazole rings is 1. The van der Waals surface area contributed by atoms with E-state index in [0.29, 0.717) is 35.2 Å². The van der Waals surface area contributed by atoms with Crippen LogP contribution in [0.3, 0.4) is 0 Å². The third-order valence-electron chi connectivity index (χ3n) is 4.68. The second kappa shape index (κ2) is 7.78. The molecule has 0 aliphatic carbocycles. The predicted octanol–water partition coefficient (Wildman–Crippen LogP) is 1.35. The Hall–Kier alpha value is -4.02. The van der Waals surface area contributed by atoms with Gasteiger partial charge in [-0.1, -0.05) is 5.16 Å². The largest absolute Gasteiger partial charge is 0.493 e. The second-order valence-electron chi connectivity index (χ2n) is 6.53. The normalized spacial score (nSPS) is 11.0. The summed E-state index contributed by atoms with van der Waals surface area (Å²) in [6, 6.07) is 1.67. The van der Waals surface area contributed by atoms with Crippen LogP contribution in [0.1, 0.15) is 17.0 Å². The molecule has 11 nitrogen and oxygen atoms in total. The first-order valence-corrected chi connectivity index (χ1v) is 9.01. The zero-order valence-corrected chi connectivity index (χ0v) is 16.6. The maximum atomic E-state index is 12.9. The van der Waals surface area contributed by atoms with E-state index in [-0.39, 0.29) is 12.4 Å². The van der Waals surface area contributed by atoms with Crippen LogP contribution >= 0.6 is 0 Å². The van der Waals surface area contributed by atoms with Crippen molar-refractivity contribution in [3.05, 3.63) is 64.6 Å². The van der Waals surface area contributed by atoms with Crippen LogP contribution in [-0.4, -0.2) is 48.4 Å². The number of pyridine rings is 1. The van der Waals surface area contributed by atoms with Crippen LogP contribution in [-0.2, 0) is 13.1 Å². The van der Waals surface area contributed by atoms with Gasteiger partial charge < -0.3 is 19.1 Å². The topological polar surface area (TPSA) is 122 Å². The molecule has 156 valence electrons. The highest BCUT2D eigenvalue weighted by atomic mass is 16.5. The quantitative estimate of drug-likeness (QED) is 0.483. The molecule has 0 saturated heterocycles. The van der Waals surface area contributed by atoms with E-state index in [0.717, 1.165) is 10.1 Å². The average Bonchev–Trinajstić information content (AvgIpc) is 3.42. The number of rotatable bonds is 7. The third-order valence-corrected chi connectivity index (χ3v) is 4.68. The summed E-state index contributed by atoms with van der Waals surface area (Å²) in [4.78, 5) is 17.2. The van der Waals surface area contributed by atoms with E-state index in [1.54, 1.807) is 29.3 Å². The van der Waals surface area contributed by atoms with E-state index in [9.17, 15) is 9.90 Å². The van der Waals surface area contributed by atoms with E-state index < -0.39 is 5.69 Å². The molecule has 1 N–H and O–H groups in total. The summed E-state index contributed by atoms with van der Waals surface area (Å²) in [5.41, 5.74) is 1.35. The molecule has 4 aromatic heterocycles. The van der Waals surface area contributed by atoms with Crippen LogP contribution in [0.25, 0.3) is 5.69 Å². The lowest BCUT2D eigenvalue weighted by atomic mass is 10.3. The minimum absolute atomic E-state index is 0.0911. The highest BCUT2D eigenvalue weighted by Crippen LogP contribution is 2.29. The fraction of sp³-hybridized carbons (Fsp3) is 0.263. The van der Waals surface area contributed by atoms with Crippen molar-refractivity contribution < 1.29 is 19.1 Å². The molecular formula is C19H20N6O5. The Bertz CT molecular complexity index is 1230. The van der Waals surface area contributed by atoms with E-state index in [1.165, 1.54) is 31.2 Å². The standard InChI is InChI=1S/C19H20N6O5/c1-12-13(6-22-30-12)8-24-9-14(7-21-24)25-17(26)11-23(19(25)27)10-15-18(29-3)16(28-2)4-5-20-15/h4-7,9,11,26H,8,10H2,1-3H3. The average molecular weight is 412 g/mol. The first kappa shape index (κ1) is 19.3. The molecule has 0 aromatic carbocycles. The van der Waals surface area contributed by atoms with Crippen molar-refractivity contribution in [2.45, 2.75) is 20.0 Å². The molecule has 0 unspecified atom stereocenters. The Balaban J connectivity index is 1.64. The van der Waals surface area contributed by atoms with Gasteiger partial charge in [0.15, 0.2) is 11.5 Å². The highest BCUT2D eigenvalue weighted by Gasteiger charge is 2.18. The number of aromatic hydroxyl groups is 1. The Morgan fingerprint density at radius 2 is 2.00 bits per heavy atom. The van der Waals surface area contributed by atoms with E-state index in [4.69, 9.17) is 14.0 Å². The molecular weight excluding hydrogens is 392 g/mol. The number of nitrogens with zero attached hydrogens (tertiary/aromatic N) is 6. The first-order chi connectivity index (χ1) is 14.5. The van der Waals surface area contributed by atoms with Crippen molar-refractivity contribution in [1.82, 2.24) is 29.1 Å². The van der Waals surface area contributed by atoms with Gasteiger partial charge in [-0.2, -0.15) is 5.10 Å². The molecule has 0 atom stereocenters. The second-order valence-corrected chi connectivity index (χ2v) is 6.53.